The summed E-state index contributed by atoms with van der Waals surface area (Å²) in [6.07, 6.45) is 0.530. The second-order valence-corrected chi connectivity index (χ2v) is 4.87. The smallest absolute Gasteiger partial charge is 0.227 e. The number of carbonyl (C=O) groups excluding carboxylic acids is 1. The fourth-order valence-electron chi connectivity index (χ4n) is 2.08. The SMILES string of the molecule is COc1ccc(N2CC(CBr)CC2=O)c(C#N)c1. The first kappa shape index (κ1) is 12.9. The zero-order valence-corrected chi connectivity index (χ0v) is 11.6. The highest BCUT2D eigenvalue weighted by atomic mass is 79.9. The number of alkyl halides is 1. The lowest BCUT2D eigenvalue weighted by molar-refractivity contribution is -0.117. The molecule has 1 aliphatic heterocycles. The Kier molecular flexibility index (Phi) is 3.87. The first-order chi connectivity index (χ1) is 8.69. The average Bonchev–Trinajstić information content (AvgIpc) is 2.79. The van der Waals surface area contributed by atoms with E-state index >= 15 is 0 Å². The number of hydrogen-bond acceptors (Lipinski definition) is 3. The van der Waals surface area contributed by atoms with Crippen LogP contribution in [0.25, 0.3) is 0 Å². The summed E-state index contributed by atoms with van der Waals surface area (Å²) in [6, 6.07) is 7.31. The molecule has 0 N–H and O–H groups in total. The molecule has 1 unspecified atom stereocenters. The summed E-state index contributed by atoms with van der Waals surface area (Å²) in [5.41, 5.74) is 1.14. The molecule has 2 rings (SSSR count). The van der Waals surface area contributed by atoms with E-state index in [1.165, 1.54) is 0 Å². The molecular formula is C13H13BrN2O2. The molecule has 5 heteroatoms. The van der Waals surface area contributed by atoms with Gasteiger partial charge in [-0.15, -0.1) is 0 Å². The van der Waals surface area contributed by atoms with E-state index in [0.29, 0.717) is 35.9 Å². The number of benzene rings is 1. The summed E-state index contributed by atoms with van der Waals surface area (Å²) in [5, 5.41) is 9.95. The Morgan fingerprint density at radius 1 is 1.61 bits per heavy atom. The molecular weight excluding hydrogens is 296 g/mol. The number of amides is 1. The lowest BCUT2D eigenvalue weighted by Gasteiger charge is -2.18. The molecule has 1 aromatic carbocycles. The van der Waals surface area contributed by atoms with Crippen molar-refractivity contribution < 1.29 is 9.53 Å². The molecule has 1 atom stereocenters. The van der Waals surface area contributed by atoms with Gasteiger partial charge >= 0.3 is 0 Å². The van der Waals surface area contributed by atoms with Gasteiger partial charge in [-0.3, -0.25) is 4.79 Å². The molecule has 4 nitrogen and oxygen atoms in total. The lowest BCUT2D eigenvalue weighted by Crippen LogP contribution is -2.25. The Labute approximate surface area is 114 Å². The van der Waals surface area contributed by atoms with Crippen LogP contribution in [-0.4, -0.2) is 24.9 Å². The van der Waals surface area contributed by atoms with Crippen molar-refractivity contribution in [2.24, 2.45) is 5.92 Å². The van der Waals surface area contributed by atoms with Crippen molar-refractivity contribution in [2.45, 2.75) is 6.42 Å². The van der Waals surface area contributed by atoms with E-state index in [0.717, 1.165) is 5.33 Å². The van der Waals surface area contributed by atoms with Gasteiger partial charge < -0.3 is 9.64 Å². The van der Waals surface area contributed by atoms with Crippen LogP contribution in [0.5, 0.6) is 5.75 Å². The van der Waals surface area contributed by atoms with Crippen LogP contribution < -0.4 is 9.64 Å². The van der Waals surface area contributed by atoms with Gasteiger partial charge in [-0.2, -0.15) is 5.26 Å². The van der Waals surface area contributed by atoms with E-state index in [2.05, 4.69) is 22.0 Å². The highest BCUT2D eigenvalue weighted by molar-refractivity contribution is 9.09. The van der Waals surface area contributed by atoms with Crippen LogP contribution >= 0.6 is 15.9 Å². The van der Waals surface area contributed by atoms with Crippen LogP contribution in [0.4, 0.5) is 5.69 Å². The van der Waals surface area contributed by atoms with Crippen molar-refractivity contribution in [1.82, 2.24) is 0 Å². The van der Waals surface area contributed by atoms with Gasteiger partial charge in [0.05, 0.1) is 18.4 Å². The third kappa shape index (κ3) is 2.34. The maximum atomic E-state index is 11.9. The number of halogens is 1. The molecule has 1 amide bonds. The number of carbonyl (C=O) groups is 1. The van der Waals surface area contributed by atoms with Crippen LogP contribution in [0.1, 0.15) is 12.0 Å². The van der Waals surface area contributed by atoms with Gasteiger partial charge in [-0.25, -0.2) is 0 Å². The van der Waals surface area contributed by atoms with Gasteiger partial charge in [0.15, 0.2) is 0 Å². The quantitative estimate of drug-likeness (QED) is 0.805. The van der Waals surface area contributed by atoms with E-state index in [9.17, 15) is 4.79 Å². The van der Waals surface area contributed by atoms with E-state index < -0.39 is 0 Å². The molecule has 0 spiro atoms. The van der Waals surface area contributed by atoms with Gasteiger partial charge in [-0.1, -0.05) is 15.9 Å². The summed E-state index contributed by atoms with van der Waals surface area (Å²) in [5.74, 6) is 1.01. The number of nitrogens with zero attached hydrogens (tertiary/aromatic N) is 2. The summed E-state index contributed by atoms with van der Waals surface area (Å²) in [4.78, 5) is 13.6. The van der Waals surface area contributed by atoms with Crippen LogP contribution in [0.15, 0.2) is 18.2 Å². The normalized spacial score (nSPS) is 18.8. The van der Waals surface area contributed by atoms with Crippen molar-refractivity contribution in [1.29, 1.82) is 5.26 Å². The van der Waals surface area contributed by atoms with Gasteiger partial charge in [-0.05, 0) is 24.1 Å². The molecule has 1 aromatic rings. The van der Waals surface area contributed by atoms with Crippen LogP contribution in [0.3, 0.4) is 0 Å². The van der Waals surface area contributed by atoms with Crippen molar-refractivity contribution in [2.75, 3.05) is 23.9 Å². The molecule has 1 aliphatic rings. The minimum absolute atomic E-state index is 0.0705. The van der Waals surface area contributed by atoms with Crippen molar-refractivity contribution in [3.05, 3.63) is 23.8 Å². The van der Waals surface area contributed by atoms with Gasteiger partial charge in [0.1, 0.15) is 11.8 Å². The number of methoxy groups -OCH3 is 1. The number of rotatable bonds is 3. The van der Waals surface area contributed by atoms with Gasteiger partial charge in [0.2, 0.25) is 5.91 Å². The predicted octanol–water partition coefficient (Wildman–Crippen LogP) is 2.31. The lowest BCUT2D eigenvalue weighted by atomic mass is 10.1. The predicted molar refractivity (Wildman–Crippen MR) is 72.0 cm³/mol. The fourth-order valence-corrected chi connectivity index (χ4v) is 2.52. The molecule has 0 bridgehead atoms. The number of ether oxygens (including phenoxy) is 1. The molecule has 18 heavy (non-hydrogen) atoms. The second kappa shape index (κ2) is 5.40. The molecule has 0 aromatic heterocycles. The Balaban J connectivity index is 2.34. The zero-order chi connectivity index (χ0) is 13.1. The molecule has 1 fully saturated rings. The minimum Gasteiger partial charge on any atom is -0.497 e. The summed E-state index contributed by atoms with van der Waals surface area (Å²) in [7, 11) is 1.55. The summed E-state index contributed by atoms with van der Waals surface area (Å²) >= 11 is 3.40. The zero-order valence-electron chi connectivity index (χ0n) is 10.0. The molecule has 1 heterocycles. The maximum Gasteiger partial charge on any atom is 0.227 e. The Morgan fingerprint density at radius 3 is 2.94 bits per heavy atom. The van der Waals surface area contributed by atoms with E-state index in [-0.39, 0.29) is 5.91 Å². The minimum atomic E-state index is 0.0705. The topological polar surface area (TPSA) is 53.3 Å². The third-order valence-electron chi connectivity index (χ3n) is 3.04. The van der Waals surface area contributed by atoms with Gasteiger partial charge in [0, 0.05) is 18.3 Å². The van der Waals surface area contributed by atoms with Crippen molar-refractivity contribution >= 4 is 27.5 Å². The number of hydrogen-bond donors (Lipinski definition) is 0. The monoisotopic (exact) mass is 308 g/mol. The first-order valence-corrected chi connectivity index (χ1v) is 6.76. The summed E-state index contributed by atoms with van der Waals surface area (Å²) < 4.78 is 5.08. The maximum absolute atomic E-state index is 11.9. The van der Waals surface area contributed by atoms with Crippen LogP contribution in [0.2, 0.25) is 0 Å². The van der Waals surface area contributed by atoms with Crippen LogP contribution in [-0.2, 0) is 4.79 Å². The summed E-state index contributed by atoms with van der Waals surface area (Å²) in [6.45, 7) is 0.658. The third-order valence-corrected chi connectivity index (χ3v) is 3.95. The Morgan fingerprint density at radius 2 is 2.39 bits per heavy atom. The van der Waals surface area contributed by atoms with E-state index in [4.69, 9.17) is 10.00 Å². The van der Waals surface area contributed by atoms with E-state index in [1.807, 2.05) is 0 Å². The number of anilines is 1. The molecule has 0 radical (unpaired) electrons. The highest BCUT2D eigenvalue weighted by Gasteiger charge is 2.31. The Hall–Kier alpha value is -1.54. The van der Waals surface area contributed by atoms with Crippen molar-refractivity contribution in [3.63, 3.8) is 0 Å². The molecule has 0 saturated carbocycles. The molecule has 0 aliphatic carbocycles. The van der Waals surface area contributed by atoms with Gasteiger partial charge in [0.25, 0.3) is 0 Å². The van der Waals surface area contributed by atoms with Crippen LogP contribution in [0, 0.1) is 17.2 Å². The number of nitriles is 1. The molecule has 94 valence electrons. The largest absolute Gasteiger partial charge is 0.497 e. The first-order valence-electron chi connectivity index (χ1n) is 5.64. The van der Waals surface area contributed by atoms with Crippen molar-refractivity contribution in [3.8, 4) is 11.8 Å². The molecule has 1 saturated heterocycles. The fraction of sp³-hybridized carbons (Fsp3) is 0.385. The standard InChI is InChI=1S/C13H13BrN2O2/c1-18-11-2-3-12(10(5-11)7-15)16-8-9(6-14)4-13(16)17/h2-3,5,9H,4,6,8H2,1H3. The average molecular weight is 309 g/mol. The second-order valence-electron chi connectivity index (χ2n) is 4.22. The highest BCUT2D eigenvalue weighted by Crippen LogP contribution is 2.30. The van der Waals surface area contributed by atoms with E-state index in [1.54, 1.807) is 30.2 Å². The Bertz CT molecular complexity index is 510.